The van der Waals surface area contributed by atoms with E-state index in [1.165, 1.54) is 5.69 Å². The molecule has 92 valence electrons. The number of fused-ring (bicyclic) bond motifs is 4. The van der Waals surface area contributed by atoms with E-state index in [-0.39, 0.29) is 5.60 Å². The van der Waals surface area contributed by atoms with Crippen LogP contribution in [0.1, 0.15) is 18.5 Å². The third-order valence-electron chi connectivity index (χ3n) is 3.92. The van der Waals surface area contributed by atoms with Gasteiger partial charge in [0.1, 0.15) is 11.4 Å². The molecule has 0 aliphatic carbocycles. The van der Waals surface area contributed by atoms with Crippen LogP contribution < -0.4 is 10.1 Å². The van der Waals surface area contributed by atoms with E-state index in [1.807, 2.05) is 29.1 Å². The van der Waals surface area contributed by atoms with Gasteiger partial charge in [0.05, 0.1) is 5.69 Å². The molecule has 0 atom stereocenters. The summed E-state index contributed by atoms with van der Waals surface area (Å²) in [6.07, 6.45) is 3.85. The zero-order valence-electron chi connectivity index (χ0n) is 10.1. The molecule has 2 aliphatic rings. The van der Waals surface area contributed by atoms with Gasteiger partial charge in [0.2, 0.25) is 0 Å². The Bertz CT molecular complexity index is 584. The van der Waals surface area contributed by atoms with Crippen molar-refractivity contribution < 1.29 is 4.74 Å². The smallest absolute Gasteiger partial charge is 0.153 e. The summed E-state index contributed by atoms with van der Waals surface area (Å²) in [6.45, 7) is 1.99. The zero-order valence-corrected chi connectivity index (χ0v) is 10.1. The molecule has 2 aliphatic heterocycles. The number of benzene rings is 1. The van der Waals surface area contributed by atoms with Gasteiger partial charge < -0.3 is 10.1 Å². The van der Waals surface area contributed by atoms with E-state index in [0.717, 1.165) is 37.4 Å². The molecule has 4 heteroatoms. The van der Waals surface area contributed by atoms with Gasteiger partial charge in [-0.15, -0.1) is 0 Å². The molecule has 1 N–H and O–H groups in total. The quantitative estimate of drug-likeness (QED) is 0.765. The Labute approximate surface area is 106 Å². The molecule has 0 saturated carbocycles. The summed E-state index contributed by atoms with van der Waals surface area (Å²) in [4.78, 5) is 0. The van der Waals surface area contributed by atoms with Crippen LogP contribution in [0.3, 0.4) is 0 Å². The summed E-state index contributed by atoms with van der Waals surface area (Å²) in [6, 6.07) is 10.2. The molecule has 0 unspecified atom stereocenters. The molecule has 1 aromatic carbocycles. The number of para-hydroxylation sites is 2. The molecular weight excluding hydrogens is 226 g/mol. The average molecular weight is 241 g/mol. The van der Waals surface area contributed by atoms with Crippen LogP contribution in [0.2, 0.25) is 0 Å². The maximum absolute atomic E-state index is 6.34. The summed E-state index contributed by atoms with van der Waals surface area (Å²) in [7, 11) is 0. The Balaban J connectivity index is 1.92. The molecular formula is C14H15N3O. The van der Waals surface area contributed by atoms with Crippen molar-refractivity contribution in [2.75, 3.05) is 13.1 Å². The summed E-state index contributed by atoms with van der Waals surface area (Å²) < 4.78 is 8.38. The molecule has 0 radical (unpaired) electrons. The van der Waals surface area contributed by atoms with Crippen molar-refractivity contribution in [3.8, 4) is 11.4 Å². The highest BCUT2D eigenvalue weighted by molar-refractivity contribution is 5.50. The van der Waals surface area contributed by atoms with E-state index in [1.54, 1.807) is 0 Å². The normalized spacial score (nSPS) is 20.0. The highest BCUT2D eigenvalue weighted by Crippen LogP contribution is 2.43. The predicted molar refractivity (Wildman–Crippen MR) is 68.0 cm³/mol. The maximum Gasteiger partial charge on any atom is 0.153 e. The van der Waals surface area contributed by atoms with Crippen LogP contribution in [-0.2, 0) is 5.60 Å². The number of ether oxygens (including phenoxy) is 1. The van der Waals surface area contributed by atoms with Gasteiger partial charge >= 0.3 is 0 Å². The summed E-state index contributed by atoms with van der Waals surface area (Å²) >= 11 is 0. The van der Waals surface area contributed by atoms with Crippen molar-refractivity contribution in [2.45, 2.75) is 18.4 Å². The van der Waals surface area contributed by atoms with E-state index in [9.17, 15) is 0 Å². The zero-order chi connectivity index (χ0) is 12.0. The lowest BCUT2D eigenvalue weighted by atomic mass is 9.87. The summed E-state index contributed by atoms with van der Waals surface area (Å²) in [5.41, 5.74) is 2.03. The second-order valence-electron chi connectivity index (χ2n) is 4.94. The average Bonchev–Trinajstić information content (AvgIpc) is 2.90. The first-order chi connectivity index (χ1) is 8.89. The van der Waals surface area contributed by atoms with Crippen molar-refractivity contribution in [3.05, 3.63) is 42.2 Å². The second-order valence-corrected chi connectivity index (χ2v) is 4.94. The van der Waals surface area contributed by atoms with Gasteiger partial charge in [0.25, 0.3) is 0 Å². The lowest BCUT2D eigenvalue weighted by Gasteiger charge is -2.41. The molecule has 1 spiro atoms. The summed E-state index contributed by atoms with van der Waals surface area (Å²) in [5, 5.41) is 7.86. The van der Waals surface area contributed by atoms with E-state index < -0.39 is 0 Å². The lowest BCUT2D eigenvalue weighted by Crippen LogP contribution is -2.47. The number of rotatable bonds is 0. The van der Waals surface area contributed by atoms with Crippen molar-refractivity contribution in [1.29, 1.82) is 0 Å². The lowest BCUT2D eigenvalue weighted by molar-refractivity contribution is 0.0188. The fourth-order valence-corrected chi connectivity index (χ4v) is 3.01. The molecule has 3 heterocycles. The fraction of sp³-hybridized carbons (Fsp3) is 0.357. The molecule has 4 nitrogen and oxygen atoms in total. The largest absolute Gasteiger partial charge is 0.479 e. The molecule has 18 heavy (non-hydrogen) atoms. The standard InChI is InChI=1S/C14H15N3O/c1-2-4-12-11(3-1)17-13(5-8-16-17)14(18-12)6-9-15-10-7-14/h1-5,8,15H,6-7,9-10H2. The van der Waals surface area contributed by atoms with Crippen molar-refractivity contribution in [3.63, 3.8) is 0 Å². The number of hydrogen-bond donors (Lipinski definition) is 1. The Morgan fingerprint density at radius 1 is 1.17 bits per heavy atom. The van der Waals surface area contributed by atoms with Crippen molar-refractivity contribution >= 4 is 0 Å². The Kier molecular flexibility index (Phi) is 2.02. The Morgan fingerprint density at radius 3 is 2.89 bits per heavy atom. The topological polar surface area (TPSA) is 39.1 Å². The molecule has 0 bridgehead atoms. The number of piperidine rings is 1. The van der Waals surface area contributed by atoms with E-state index >= 15 is 0 Å². The molecule has 4 rings (SSSR count). The van der Waals surface area contributed by atoms with E-state index in [0.29, 0.717) is 0 Å². The van der Waals surface area contributed by atoms with Gasteiger partial charge in [-0.3, -0.25) is 0 Å². The van der Waals surface area contributed by atoms with Gasteiger partial charge in [-0.1, -0.05) is 12.1 Å². The van der Waals surface area contributed by atoms with Crippen LogP contribution in [0.15, 0.2) is 36.5 Å². The van der Waals surface area contributed by atoms with Gasteiger partial charge in [0, 0.05) is 19.0 Å². The molecule has 0 amide bonds. The predicted octanol–water partition coefficient (Wildman–Crippen LogP) is 1.84. The maximum atomic E-state index is 6.34. The monoisotopic (exact) mass is 241 g/mol. The van der Waals surface area contributed by atoms with Gasteiger partial charge in [-0.05, 0) is 31.3 Å². The van der Waals surface area contributed by atoms with Crippen LogP contribution in [0.5, 0.6) is 5.75 Å². The van der Waals surface area contributed by atoms with Crippen LogP contribution >= 0.6 is 0 Å². The Hall–Kier alpha value is -1.81. The van der Waals surface area contributed by atoms with Crippen LogP contribution in [0, 0.1) is 0 Å². The minimum atomic E-state index is -0.198. The fourth-order valence-electron chi connectivity index (χ4n) is 3.01. The molecule has 1 aromatic heterocycles. The second kappa shape index (κ2) is 3.59. The van der Waals surface area contributed by atoms with E-state index in [2.05, 4.69) is 22.5 Å². The highest BCUT2D eigenvalue weighted by atomic mass is 16.5. The minimum Gasteiger partial charge on any atom is -0.479 e. The first kappa shape index (κ1) is 10.1. The molecule has 1 fully saturated rings. The number of nitrogens with one attached hydrogen (secondary N) is 1. The number of aromatic nitrogens is 2. The van der Waals surface area contributed by atoms with Crippen molar-refractivity contribution in [1.82, 2.24) is 15.1 Å². The SMILES string of the molecule is c1ccc2c(c1)OC1(CCNCC1)c1ccnn1-2. The first-order valence-electron chi connectivity index (χ1n) is 6.43. The first-order valence-corrected chi connectivity index (χ1v) is 6.43. The molecule has 1 saturated heterocycles. The third kappa shape index (κ3) is 1.26. The van der Waals surface area contributed by atoms with Gasteiger partial charge in [-0.2, -0.15) is 5.10 Å². The van der Waals surface area contributed by atoms with Crippen LogP contribution in [-0.4, -0.2) is 22.9 Å². The highest BCUT2D eigenvalue weighted by Gasteiger charge is 2.42. The van der Waals surface area contributed by atoms with Gasteiger partial charge in [0.15, 0.2) is 5.60 Å². The van der Waals surface area contributed by atoms with E-state index in [4.69, 9.17) is 4.74 Å². The Morgan fingerprint density at radius 2 is 2.00 bits per heavy atom. The van der Waals surface area contributed by atoms with Crippen molar-refractivity contribution in [2.24, 2.45) is 0 Å². The number of nitrogens with zero attached hydrogens (tertiary/aromatic N) is 2. The number of hydrogen-bond acceptors (Lipinski definition) is 3. The van der Waals surface area contributed by atoms with Crippen LogP contribution in [0.4, 0.5) is 0 Å². The van der Waals surface area contributed by atoms with Crippen LogP contribution in [0.25, 0.3) is 5.69 Å². The summed E-state index contributed by atoms with van der Waals surface area (Å²) in [5.74, 6) is 0.940. The third-order valence-corrected chi connectivity index (χ3v) is 3.92. The van der Waals surface area contributed by atoms with Gasteiger partial charge in [-0.25, -0.2) is 4.68 Å². The molecule has 2 aromatic rings. The minimum absolute atomic E-state index is 0.198.